The minimum absolute atomic E-state index is 0.0513. The molecule has 7 heteroatoms. The smallest absolute Gasteiger partial charge is 0.326 e. The van der Waals surface area contributed by atoms with Crippen LogP contribution in [0.2, 0.25) is 10.3 Å². The maximum atomic E-state index is 11.9. The molecule has 1 atom stereocenters. The summed E-state index contributed by atoms with van der Waals surface area (Å²) in [6.45, 7) is 1.95. The minimum atomic E-state index is -1.07. The molecule has 1 amide bonds. The number of hydrogen-bond donors (Lipinski definition) is 2. The summed E-state index contributed by atoms with van der Waals surface area (Å²) >= 11 is 11.4. The molecule has 0 aromatic carbocycles. The van der Waals surface area contributed by atoms with Gasteiger partial charge >= 0.3 is 5.97 Å². The van der Waals surface area contributed by atoms with E-state index in [1.54, 1.807) is 0 Å². The standard InChI is InChI=1S/C12H14Cl2N2O3/c1-2-3-4-8(12(18)19)15-11(17)7-5-6-9(13)16-10(7)14/h5-6,8H,2-4H2,1H3,(H,15,17)(H,18,19). The van der Waals surface area contributed by atoms with Gasteiger partial charge in [-0.05, 0) is 18.6 Å². The molecule has 0 saturated heterocycles. The molecule has 0 spiro atoms. The number of unbranched alkanes of at least 4 members (excludes halogenated alkanes) is 1. The Morgan fingerprint density at radius 2 is 2.11 bits per heavy atom. The van der Waals surface area contributed by atoms with E-state index in [-0.39, 0.29) is 15.9 Å². The van der Waals surface area contributed by atoms with Crippen LogP contribution in [0, 0.1) is 0 Å². The summed E-state index contributed by atoms with van der Waals surface area (Å²) in [7, 11) is 0. The molecule has 0 aliphatic rings. The molecule has 2 N–H and O–H groups in total. The van der Waals surface area contributed by atoms with Crippen LogP contribution in [-0.2, 0) is 4.79 Å². The van der Waals surface area contributed by atoms with Crippen molar-refractivity contribution < 1.29 is 14.7 Å². The average molecular weight is 305 g/mol. The lowest BCUT2D eigenvalue weighted by molar-refractivity contribution is -0.139. The molecule has 1 aromatic heterocycles. The normalized spacial score (nSPS) is 11.9. The van der Waals surface area contributed by atoms with Crippen LogP contribution in [0.25, 0.3) is 0 Å². The lowest BCUT2D eigenvalue weighted by Gasteiger charge is -2.14. The lowest BCUT2D eigenvalue weighted by Crippen LogP contribution is -2.40. The number of nitrogens with zero attached hydrogens (tertiary/aromatic N) is 1. The number of carbonyl (C=O) groups is 2. The monoisotopic (exact) mass is 304 g/mol. The molecule has 0 saturated carbocycles. The summed E-state index contributed by atoms with van der Waals surface area (Å²) in [6, 6.07) is 1.90. The van der Waals surface area contributed by atoms with Crippen molar-refractivity contribution in [3.63, 3.8) is 0 Å². The van der Waals surface area contributed by atoms with Gasteiger partial charge in [0.25, 0.3) is 5.91 Å². The number of amides is 1. The third-order valence-electron chi connectivity index (χ3n) is 2.51. The second-order valence-electron chi connectivity index (χ2n) is 3.98. The zero-order valence-corrected chi connectivity index (χ0v) is 11.8. The van der Waals surface area contributed by atoms with E-state index in [4.69, 9.17) is 28.3 Å². The number of aromatic nitrogens is 1. The van der Waals surface area contributed by atoms with E-state index in [0.717, 1.165) is 6.42 Å². The van der Waals surface area contributed by atoms with Gasteiger partial charge in [-0.25, -0.2) is 9.78 Å². The highest BCUT2D eigenvalue weighted by molar-refractivity contribution is 6.34. The molecule has 1 aromatic rings. The van der Waals surface area contributed by atoms with Gasteiger partial charge in [0.2, 0.25) is 0 Å². The fourth-order valence-corrected chi connectivity index (χ4v) is 1.91. The van der Waals surface area contributed by atoms with E-state index < -0.39 is 17.9 Å². The van der Waals surface area contributed by atoms with Crippen LogP contribution in [0.5, 0.6) is 0 Å². The predicted molar refractivity (Wildman–Crippen MR) is 72.7 cm³/mol. The van der Waals surface area contributed by atoms with Crippen LogP contribution in [0.4, 0.5) is 0 Å². The Bertz CT molecular complexity index is 480. The second kappa shape index (κ2) is 7.31. The van der Waals surface area contributed by atoms with Crippen LogP contribution >= 0.6 is 23.2 Å². The lowest BCUT2D eigenvalue weighted by atomic mass is 10.1. The molecule has 1 heterocycles. The summed E-state index contributed by atoms with van der Waals surface area (Å²) < 4.78 is 0. The molecule has 19 heavy (non-hydrogen) atoms. The van der Waals surface area contributed by atoms with Crippen LogP contribution < -0.4 is 5.32 Å². The summed E-state index contributed by atoms with van der Waals surface area (Å²) in [6.07, 6.45) is 1.93. The van der Waals surface area contributed by atoms with Crippen LogP contribution in [0.15, 0.2) is 12.1 Å². The van der Waals surface area contributed by atoms with Crippen molar-refractivity contribution >= 4 is 35.1 Å². The Hall–Kier alpha value is -1.33. The number of carbonyl (C=O) groups excluding carboxylic acids is 1. The number of pyridine rings is 1. The molecule has 0 radical (unpaired) electrons. The number of aliphatic carboxylic acids is 1. The van der Waals surface area contributed by atoms with E-state index in [1.165, 1.54) is 12.1 Å². The first-order valence-electron chi connectivity index (χ1n) is 5.81. The van der Waals surface area contributed by atoms with Crippen LogP contribution in [-0.4, -0.2) is 28.0 Å². The number of carboxylic acid groups (broad SMARTS) is 1. The Balaban J connectivity index is 2.78. The van der Waals surface area contributed by atoms with Gasteiger partial charge in [-0.1, -0.05) is 43.0 Å². The fraction of sp³-hybridized carbons (Fsp3) is 0.417. The summed E-state index contributed by atoms with van der Waals surface area (Å²) in [4.78, 5) is 26.7. The fourth-order valence-electron chi connectivity index (χ4n) is 1.48. The van der Waals surface area contributed by atoms with E-state index >= 15 is 0 Å². The SMILES string of the molecule is CCCCC(NC(=O)c1ccc(Cl)nc1Cl)C(=O)O. The van der Waals surface area contributed by atoms with Gasteiger partial charge in [0.1, 0.15) is 16.3 Å². The Labute approximate surface area is 120 Å². The van der Waals surface area contributed by atoms with E-state index in [9.17, 15) is 9.59 Å². The maximum absolute atomic E-state index is 11.9. The van der Waals surface area contributed by atoms with Gasteiger partial charge in [-0.3, -0.25) is 4.79 Å². The van der Waals surface area contributed by atoms with Gasteiger partial charge in [0.15, 0.2) is 0 Å². The first kappa shape index (κ1) is 15.7. The van der Waals surface area contributed by atoms with E-state index in [0.29, 0.717) is 12.8 Å². The number of hydrogen-bond acceptors (Lipinski definition) is 3. The van der Waals surface area contributed by atoms with Crippen molar-refractivity contribution in [2.75, 3.05) is 0 Å². The quantitative estimate of drug-likeness (QED) is 0.792. The zero-order chi connectivity index (χ0) is 14.4. The van der Waals surface area contributed by atoms with Crippen molar-refractivity contribution in [3.05, 3.63) is 28.0 Å². The topological polar surface area (TPSA) is 79.3 Å². The van der Waals surface area contributed by atoms with Crippen molar-refractivity contribution in [1.29, 1.82) is 0 Å². The van der Waals surface area contributed by atoms with Crippen molar-refractivity contribution in [2.45, 2.75) is 32.2 Å². The highest BCUT2D eigenvalue weighted by Gasteiger charge is 2.21. The highest BCUT2D eigenvalue weighted by Crippen LogP contribution is 2.16. The molecule has 0 bridgehead atoms. The molecular weight excluding hydrogens is 291 g/mol. The summed E-state index contributed by atoms with van der Waals surface area (Å²) in [5.41, 5.74) is 0.105. The summed E-state index contributed by atoms with van der Waals surface area (Å²) in [5, 5.41) is 11.6. The summed E-state index contributed by atoms with van der Waals surface area (Å²) in [5.74, 6) is -1.64. The molecule has 1 rings (SSSR count). The van der Waals surface area contributed by atoms with Crippen molar-refractivity contribution in [2.24, 2.45) is 0 Å². The number of carboxylic acids is 1. The third-order valence-corrected chi connectivity index (χ3v) is 3.01. The van der Waals surface area contributed by atoms with Gasteiger partial charge in [0.05, 0.1) is 5.56 Å². The third kappa shape index (κ3) is 4.69. The molecule has 0 fully saturated rings. The molecule has 0 aliphatic carbocycles. The molecule has 0 aliphatic heterocycles. The van der Waals surface area contributed by atoms with Crippen molar-refractivity contribution in [1.82, 2.24) is 10.3 Å². The Morgan fingerprint density at radius 3 is 2.63 bits per heavy atom. The molecule has 104 valence electrons. The number of rotatable bonds is 6. The van der Waals surface area contributed by atoms with Crippen LogP contribution in [0.1, 0.15) is 36.5 Å². The van der Waals surface area contributed by atoms with Gasteiger partial charge in [-0.2, -0.15) is 0 Å². The predicted octanol–water partition coefficient (Wildman–Crippen LogP) is 2.76. The Kier molecular flexibility index (Phi) is 6.05. The number of halogens is 2. The van der Waals surface area contributed by atoms with Gasteiger partial charge in [0, 0.05) is 0 Å². The first-order chi connectivity index (χ1) is 8.95. The van der Waals surface area contributed by atoms with Gasteiger partial charge < -0.3 is 10.4 Å². The van der Waals surface area contributed by atoms with E-state index in [2.05, 4.69) is 10.3 Å². The van der Waals surface area contributed by atoms with Crippen LogP contribution in [0.3, 0.4) is 0 Å². The zero-order valence-electron chi connectivity index (χ0n) is 10.3. The van der Waals surface area contributed by atoms with Gasteiger partial charge in [-0.15, -0.1) is 0 Å². The molecular formula is C12H14Cl2N2O3. The maximum Gasteiger partial charge on any atom is 0.326 e. The molecule has 1 unspecified atom stereocenters. The Morgan fingerprint density at radius 1 is 1.42 bits per heavy atom. The average Bonchev–Trinajstić information content (AvgIpc) is 2.33. The highest BCUT2D eigenvalue weighted by atomic mass is 35.5. The van der Waals surface area contributed by atoms with Crippen molar-refractivity contribution in [3.8, 4) is 0 Å². The first-order valence-corrected chi connectivity index (χ1v) is 6.57. The van der Waals surface area contributed by atoms with E-state index in [1.807, 2.05) is 6.92 Å². The minimum Gasteiger partial charge on any atom is -0.480 e. The largest absolute Gasteiger partial charge is 0.480 e. The number of nitrogens with one attached hydrogen (secondary N) is 1. The second-order valence-corrected chi connectivity index (χ2v) is 4.72. The molecule has 5 nitrogen and oxygen atoms in total.